The highest BCUT2D eigenvalue weighted by Crippen LogP contribution is 2.24. The second-order valence-electron chi connectivity index (χ2n) is 4.94. The van der Waals surface area contributed by atoms with Crippen LogP contribution in [0.15, 0.2) is 41.2 Å². The van der Waals surface area contributed by atoms with Crippen LogP contribution in [0.5, 0.6) is 5.75 Å². The number of rotatable bonds is 7. The standard InChI is InChI=1S/C17H22N2O3/c1-3-22-14-7-4-6-13(12-14)16-9-8-15(18)17(20)19(16)10-5-11-21-2/h4,6-9,12H,3,5,10-11,18H2,1-2H3. The summed E-state index contributed by atoms with van der Waals surface area (Å²) in [6.45, 7) is 3.70. The summed E-state index contributed by atoms with van der Waals surface area (Å²) >= 11 is 0. The molecule has 0 saturated heterocycles. The predicted octanol–water partition coefficient (Wildman–Crippen LogP) is 2.53. The van der Waals surface area contributed by atoms with Gasteiger partial charge in [0.1, 0.15) is 5.75 Å². The number of methoxy groups -OCH3 is 1. The van der Waals surface area contributed by atoms with Gasteiger partial charge in [-0.1, -0.05) is 12.1 Å². The van der Waals surface area contributed by atoms with E-state index in [1.54, 1.807) is 17.7 Å². The Labute approximate surface area is 130 Å². The second-order valence-corrected chi connectivity index (χ2v) is 4.94. The molecule has 0 amide bonds. The largest absolute Gasteiger partial charge is 0.494 e. The van der Waals surface area contributed by atoms with E-state index < -0.39 is 0 Å². The van der Waals surface area contributed by atoms with Gasteiger partial charge in [-0.2, -0.15) is 0 Å². The van der Waals surface area contributed by atoms with Crippen molar-refractivity contribution in [3.05, 3.63) is 46.8 Å². The van der Waals surface area contributed by atoms with Crippen molar-refractivity contribution in [2.24, 2.45) is 0 Å². The molecule has 2 rings (SSSR count). The highest BCUT2D eigenvalue weighted by molar-refractivity contribution is 5.63. The number of aromatic nitrogens is 1. The fraction of sp³-hybridized carbons (Fsp3) is 0.353. The van der Waals surface area contributed by atoms with E-state index in [0.717, 1.165) is 23.4 Å². The van der Waals surface area contributed by atoms with Crippen molar-refractivity contribution in [1.29, 1.82) is 0 Å². The van der Waals surface area contributed by atoms with E-state index in [-0.39, 0.29) is 11.2 Å². The number of ether oxygens (including phenoxy) is 2. The van der Waals surface area contributed by atoms with Gasteiger partial charge in [-0.05, 0) is 37.6 Å². The summed E-state index contributed by atoms with van der Waals surface area (Å²) < 4.78 is 12.3. The van der Waals surface area contributed by atoms with E-state index in [1.807, 2.05) is 37.3 Å². The average Bonchev–Trinajstić information content (AvgIpc) is 2.52. The molecule has 0 atom stereocenters. The first-order valence-corrected chi connectivity index (χ1v) is 7.39. The van der Waals surface area contributed by atoms with Gasteiger partial charge in [-0.15, -0.1) is 0 Å². The molecule has 118 valence electrons. The summed E-state index contributed by atoms with van der Waals surface area (Å²) in [4.78, 5) is 12.3. The van der Waals surface area contributed by atoms with Gasteiger partial charge in [0, 0.05) is 25.8 Å². The predicted molar refractivity (Wildman–Crippen MR) is 88.2 cm³/mol. The number of pyridine rings is 1. The minimum absolute atomic E-state index is 0.171. The lowest BCUT2D eigenvalue weighted by molar-refractivity contribution is 0.190. The number of nitrogens with two attached hydrogens (primary N) is 1. The molecule has 22 heavy (non-hydrogen) atoms. The first kappa shape index (κ1) is 16.1. The zero-order valence-corrected chi connectivity index (χ0v) is 13.0. The van der Waals surface area contributed by atoms with Gasteiger partial charge in [0.2, 0.25) is 0 Å². The Balaban J connectivity index is 2.43. The topological polar surface area (TPSA) is 66.5 Å². The maximum absolute atomic E-state index is 12.3. The van der Waals surface area contributed by atoms with Crippen molar-refractivity contribution in [3.8, 4) is 17.0 Å². The maximum atomic E-state index is 12.3. The molecule has 0 aliphatic carbocycles. The molecular weight excluding hydrogens is 280 g/mol. The molecule has 1 aromatic heterocycles. The SMILES string of the molecule is CCOc1cccc(-c2ccc(N)c(=O)n2CCCOC)c1. The van der Waals surface area contributed by atoms with Crippen LogP contribution >= 0.6 is 0 Å². The maximum Gasteiger partial charge on any atom is 0.274 e. The number of hydrogen-bond acceptors (Lipinski definition) is 4. The van der Waals surface area contributed by atoms with E-state index in [4.69, 9.17) is 15.2 Å². The summed E-state index contributed by atoms with van der Waals surface area (Å²) in [6, 6.07) is 11.2. The highest BCUT2D eigenvalue weighted by atomic mass is 16.5. The zero-order valence-electron chi connectivity index (χ0n) is 13.0. The van der Waals surface area contributed by atoms with Crippen LogP contribution in [0.2, 0.25) is 0 Å². The molecule has 1 aromatic carbocycles. The normalized spacial score (nSPS) is 10.6. The average molecular weight is 302 g/mol. The van der Waals surface area contributed by atoms with Crippen LogP contribution in [0.1, 0.15) is 13.3 Å². The Morgan fingerprint density at radius 3 is 2.77 bits per heavy atom. The van der Waals surface area contributed by atoms with E-state index in [2.05, 4.69) is 0 Å². The Hall–Kier alpha value is -2.27. The Morgan fingerprint density at radius 1 is 1.23 bits per heavy atom. The molecule has 0 fully saturated rings. The molecule has 0 saturated carbocycles. The second kappa shape index (κ2) is 7.66. The molecule has 0 aliphatic rings. The fourth-order valence-electron chi connectivity index (χ4n) is 2.35. The van der Waals surface area contributed by atoms with Gasteiger partial charge in [-0.25, -0.2) is 0 Å². The smallest absolute Gasteiger partial charge is 0.274 e. The van der Waals surface area contributed by atoms with Gasteiger partial charge < -0.3 is 19.8 Å². The summed E-state index contributed by atoms with van der Waals surface area (Å²) in [5.74, 6) is 0.785. The van der Waals surface area contributed by atoms with Crippen LogP contribution in [-0.4, -0.2) is 24.9 Å². The van der Waals surface area contributed by atoms with Crippen LogP contribution in [0.3, 0.4) is 0 Å². The van der Waals surface area contributed by atoms with Gasteiger partial charge >= 0.3 is 0 Å². The molecule has 5 nitrogen and oxygen atoms in total. The quantitative estimate of drug-likeness (QED) is 0.798. The van der Waals surface area contributed by atoms with Crippen LogP contribution in [0.4, 0.5) is 5.69 Å². The van der Waals surface area contributed by atoms with Gasteiger partial charge in [0.25, 0.3) is 5.56 Å². The molecule has 0 spiro atoms. The first-order valence-electron chi connectivity index (χ1n) is 7.39. The van der Waals surface area contributed by atoms with Gasteiger partial charge in [0.15, 0.2) is 0 Å². The van der Waals surface area contributed by atoms with Crippen LogP contribution in [0, 0.1) is 0 Å². The summed E-state index contributed by atoms with van der Waals surface area (Å²) in [6.07, 6.45) is 0.748. The van der Waals surface area contributed by atoms with E-state index in [1.165, 1.54) is 0 Å². The van der Waals surface area contributed by atoms with Crippen LogP contribution in [-0.2, 0) is 11.3 Å². The number of nitrogens with zero attached hydrogens (tertiary/aromatic N) is 1. The summed E-state index contributed by atoms with van der Waals surface area (Å²) in [5, 5.41) is 0. The lowest BCUT2D eigenvalue weighted by Gasteiger charge is -2.14. The lowest BCUT2D eigenvalue weighted by atomic mass is 10.1. The van der Waals surface area contributed by atoms with Crippen molar-refractivity contribution in [2.75, 3.05) is 26.1 Å². The first-order chi connectivity index (χ1) is 10.7. The molecule has 5 heteroatoms. The molecular formula is C17H22N2O3. The fourth-order valence-corrected chi connectivity index (χ4v) is 2.35. The third-order valence-electron chi connectivity index (χ3n) is 3.37. The molecule has 0 aliphatic heterocycles. The van der Waals surface area contributed by atoms with E-state index in [0.29, 0.717) is 19.8 Å². The molecule has 0 bridgehead atoms. The number of nitrogen functional groups attached to an aromatic ring is 1. The summed E-state index contributed by atoms with van der Waals surface area (Å²) in [7, 11) is 1.65. The zero-order chi connectivity index (χ0) is 15.9. The number of anilines is 1. The van der Waals surface area contributed by atoms with Crippen LogP contribution < -0.4 is 16.0 Å². The molecule has 0 radical (unpaired) electrons. The van der Waals surface area contributed by atoms with Gasteiger partial charge in [-0.3, -0.25) is 4.79 Å². The van der Waals surface area contributed by atoms with Crippen molar-refractivity contribution in [1.82, 2.24) is 4.57 Å². The monoisotopic (exact) mass is 302 g/mol. The Morgan fingerprint density at radius 2 is 2.05 bits per heavy atom. The minimum Gasteiger partial charge on any atom is -0.494 e. The van der Waals surface area contributed by atoms with E-state index >= 15 is 0 Å². The number of benzene rings is 1. The lowest BCUT2D eigenvalue weighted by Crippen LogP contribution is -2.24. The van der Waals surface area contributed by atoms with Crippen molar-refractivity contribution in [3.63, 3.8) is 0 Å². The van der Waals surface area contributed by atoms with Crippen molar-refractivity contribution >= 4 is 5.69 Å². The van der Waals surface area contributed by atoms with Crippen molar-refractivity contribution < 1.29 is 9.47 Å². The molecule has 2 aromatic rings. The van der Waals surface area contributed by atoms with Crippen molar-refractivity contribution in [2.45, 2.75) is 19.9 Å². The third-order valence-corrected chi connectivity index (χ3v) is 3.37. The highest BCUT2D eigenvalue weighted by Gasteiger charge is 2.09. The minimum atomic E-state index is -0.171. The Bertz CT molecular complexity index is 680. The molecule has 0 unspecified atom stereocenters. The third kappa shape index (κ3) is 3.68. The van der Waals surface area contributed by atoms with Crippen LogP contribution in [0.25, 0.3) is 11.3 Å². The molecule has 2 N–H and O–H groups in total. The Kier molecular flexibility index (Phi) is 5.61. The number of hydrogen-bond donors (Lipinski definition) is 1. The van der Waals surface area contributed by atoms with E-state index in [9.17, 15) is 4.79 Å². The van der Waals surface area contributed by atoms with Gasteiger partial charge in [0.05, 0.1) is 18.0 Å². The molecule has 1 heterocycles. The summed E-state index contributed by atoms with van der Waals surface area (Å²) in [5.41, 5.74) is 7.60.